The summed E-state index contributed by atoms with van der Waals surface area (Å²) in [4.78, 5) is 11.6. The predicted octanol–water partition coefficient (Wildman–Crippen LogP) is 3.55. The molecule has 1 aliphatic rings. The fourth-order valence-corrected chi connectivity index (χ4v) is 3.78. The van der Waals surface area contributed by atoms with Gasteiger partial charge in [-0.1, -0.05) is 30.3 Å². The summed E-state index contributed by atoms with van der Waals surface area (Å²) in [7, 11) is 1.41. The highest BCUT2D eigenvalue weighted by Crippen LogP contribution is 2.29. The molecule has 2 aromatic carbocycles. The lowest BCUT2D eigenvalue weighted by Gasteiger charge is -2.28. The van der Waals surface area contributed by atoms with E-state index in [1.54, 1.807) is 0 Å². The quantitative estimate of drug-likeness (QED) is 0.717. The van der Waals surface area contributed by atoms with Crippen LogP contribution in [-0.4, -0.2) is 30.7 Å². The molecule has 0 aliphatic carbocycles. The van der Waals surface area contributed by atoms with Crippen LogP contribution < -0.4 is 5.32 Å². The number of esters is 1. The molecule has 4 heteroatoms. The van der Waals surface area contributed by atoms with Crippen LogP contribution in [0, 0.1) is 12.8 Å². The zero-order chi connectivity index (χ0) is 18.1. The highest BCUT2D eigenvalue weighted by molar-refractivity contribution is 5.89. The first-order chi connectivity index (χ1) is 12.7. The van der Waals surface area contributed by atoms with Gasteiger partial charge in [0.2, 0.25) is 0 Å². The Labute approximate surface area is 153 Å². The topological polar surface area (TPSA) is 43.3 Å². The van der Waals surface area contributed by atoms with Gasteiger partial charge >= 0.3 is 5.97 Å². The molecule has 1 N–H and O–H groups in total. The number of nitrogens with zero attached hydrogens (tertiary/aromatic N) is 1. The average Bonchev–Trinajstić information content (AvgIpc) is 2.90. The summed E-state index contributed by atoms with van der Waals surface area (Å²) in [6, 6.07) is 16.4. The summed E-state index contributed by atoms with van der Waals surface area (Å²) in [6.07, 6.45) is 0.865. The van der Waals surface area contributed by atoms with Crippen LogP contribution in [0.4, 0.5) is 0 Å². The van der Waals surface area contributed by atoms with Gasteiger partial charge in [-0.15, -0.1) is 0 Å². The van der Waals surface area contributed by atoms with Crippen LogP contribution in [0.15, 0.2) is 48.5 Å². The van der Waals surface area contributed by atoms with Crippen molar-refractivity contribution >= 4 is 16.9 Å². The number of rotatable bonds is 5. The first kappa shape index (κ1) is 16.9. The molecule has 0 bridgehead atoms. The van der Waals surface area contributed by atoms with E-state index in [0.717, 1.165) is 32.0 Å². The minimum atomic E-state index is -0.293. The minimum absolute atomic E-state index is 0.293. The lowest BCUT2D eigenvalue weighted by atomic mass is 10.0. The molecule has 4 nitrogen and oxygen atoms in total. The van der Waals surface area contributed by atoms with Crippen LogP contribution in [-0.2, 0) is 17.7 Å². The third-order valence-electron chi connectivity index (χ3n) is 5.42. The smallest absolute Gasteiger partial charge is 0.337 e. The normalized spacial score (nSPS) is 14.4. The summed E-state index contributed by atoms with van der Waals surface area (Å²) >= 11 is 0. The van der Waals surface area contributed by atoms with E-state index in [4.69, 9.17) is 4.74 Å². The van der Waals surface area contributed by atoms with Crippen LogP contribution in [0.3, 0.4) is 0 Å². The fraction of sp³-hybridized carbons (Fsp3) is 0.318. The molecule has 134 valence electrons. The van der Waals surface area contributed by atoms with Crippen molar-refractivity contribution < 1.29 is 9.53 Å². The Morgan fingerprint density at radius 3 is 2.54 bits per heavy atom. The zero-order valence-electron chi connectivity index (χ0n) is 15.3. The van der Waals surface area contributed by atoms with Crippen molar-refractivity contribution in [1.82, 2.24) is 9.88 Å². The van der Waals surface area contributed by atoms with E-state index in [0.29, 0.717) is 5.56 Å². The maximum absolute atomic E-state index is 11.6. The van der Waals surface area contributed by atoms with Crippen LogP contribution in [0.25, 0.3) is 10.9 Å². The van der Waals surface area contributed by atoms with Crippen molar-refractivity contribution in [2.24, 2.45) is 5.92 Å². The van der Waals surface area contributed by atoms with E-state index in [1.807, 2.05) is 24.3 Å². The van der Waals surface area contributed by atoms with Crippen molar-refractivity contribution in [3.63, 3.8) is 0 Å². The van der Waals surface area contributed by atoms with Crippen molar-refractivity contribution in [3.8, 4) is 0 Å². The van der Waals surface area contributed by atoms with Crippen molar-refractivity contribution in [3.05, 3.63) is 70.9 Å². The number of hydrogen-bond donors (Lipinski definition) is 1. The highest BCUT2D eigenvalue weighted by Gasteiger charge is 2.21. The Bertz CT molecular complexity index is 937. The third-order valence-corrected chi connectivity index (χ3v) is 5.42. The number of hydrogen-bond acceptors (Lipinski definition) is 3. The van der Waals surface area contributed by atoms with E-state index in [-0.39, 0.29) is 5.97 Å². The van der Waals surface area contributed by atoms with Gasteiger partial charge in [0, 0.05) is 42.1 Å². The van der Waals surface area contributed by atoms with Crippen molar-refractivity contribution in [1.29, 1.82) is 0 Å². The molecule has 2 heterocycles. The molecule has 1 aliphatic heterocycles. The van der Waals surface area contributed by atoms with Gasteiger partial charge in [-0.2, -0.15) is 0 Å². The Balaban J connectivity index is 1.67. The second-order valence-corrected chi connectivity index (χ2v) is 7.08. The first-order valence-corrected chi connectivity index (χ1v) is 9.12. The van der Waals surface area contributed by atoms with E-state index < -0.39 is 0 Å². The number of fused-ring (bicyclic) bond motifs is 1. The van der Waals surface area contributed by atoms with Gasteiger partial charge in [-0.3, -0.25) is 0 Å². The van der Waals surface area contributed by atoms with Gasteiger partial charge in [-0.25, -0.2) is 4.79 Å². The first-order valence-electron chi connectivity index (χ1n) is 9.12. The number of carbonyl (C=O) groups excluding carboxylic acids is 1. The number of ether oxygens (including phenoxy) is 1. The highest BCUT2D eigenvalue weighted by atomic mass is 16.5. The van der Waals surface area contributed by atoms with Crippen molar-refractivity contribution in [2.75, 3.05) is 20.2 Å². The Kier molecular flexibility index (Phi) is 4.51. The Morgan fingerprint density at radius 1 is 1.15 bits per heavy atom. The molecule has 0 amide bonds. The summed E-state index contributed by atoms with van der Waals surface area (Å²) in [5.74, 6) is 0.426. The molecule has 0 unspecified atom stereocenters. The molecule has 0 spiro atoms. The Hall–Kier alpha value is -2.59. The monoisotopic (exact) mass is 348 g/mol. The fourth-order valence-electron chi connectivity index (χ4n) is 3.78. The molecule has 0 saturated carbocycles. The van der Waals surface area contributed by atoms with Gasteiger partial charge in [0.1, 0.15) is 0 Å². The summed E-state index contributed by atoms with van der Waals surface area (Å²) in [5.41, 5.74) is 5.83. The maximum atomic E-state index is 11.6. The molecule has 0 radical (unpaired) electrons. The third kappa shape index (κ3) is 3.01. The van der Waals surface area contributed by atoms with Gasteiger partial charge in [0.05, 0.1) is 12.7 Å². The number of carbonyl (C=O) groups is 1. The number of benzene rings is 2. The summed E-state index contributed by atoms with van der Waals surface area (Å²) in [5, 5.41) is 4.69. The number of nitrogens with one attached hydrogen (secondary N) is 1. The molecule has 3 aromatic rings. The van der Waals surface area contributed by atoms with Crippen LogP contribution in [0.2, 0.25) is 0 Å². The lowest BCUT2D eigenvalue weighted by Crippen LogP contribution is -2.44. The van der Waals surface area contributed by atoms with Gasteiger partial charge in [-0.05, 0) is 42.7 Å². The lowest BCUT2D eigenvalue weighted by molar-refractivity contribution is 0.0600. The molecule has 1 saturated heterocycles. The number of methoxy groups -OCH3 is 1. The van der Waals surface area contributed by atoms with Crippen molar-refractivity contribution in [2.45, 2.75) is 19.9 Å². The largest absolute Gasteiger partial charge is 0.465 e. The molecule has 0 atom stereocenters. The molecule has 26 heavy (non-hydrogen) atoms. The summed E-state index contributed by atoms with van der Waals surface area (Å²) < 4.78 is 7.25. The SMILES string of the molecule is COC(=O)c1ccc(Cc2c(C)n(CC3CNC3)c3ccccc23)cc1. The van der Waals surface area contributed by atoms with Gasteiger partial charge < -0.3 is 14.6 Å². The average molecular weight is 348 g/mol. The zero-order valence-corrected chi connectivity index (χ0v) is 15.3. The van der Waals surface area contributed by atoms with E-state index in [1.165, 1.54) is 34.8 Å². The molecule has 1 fully saturated rings. The molecule has 1 aromatic heterocycles. The molecular formula is C22H24N2O2. The van der Waals surface area contributed by atoms with E-state index >= 15 is 0 Å². The standard InChI is InChI=1S/C22H24N2O2/c1-15-20(11-16-7-9-18(10-8-16)22(25)26-2)19-5-3-4-6-21(19)24(15)14-17-12-23-13-17/h3-10,17,23H,11-14H2,1-2H3. The summed E-state index contributed by atoms with van der Waals surface area (Å²) in [6.45, 7) is 5.51. The second-order valence-electron chi connectivity index (χ2n) is 7.08. The van der Waals surface area contributed by atoms with Gasteiger partial charge in [0.25, 0.3) is 0 Å². The van der Waals surface area contributed by atoms with E-state index in [2.05, 4.69) is 41.1 Å². The van der Waals surface area contributed by atoms with Crippen LogP contribution >= 0.6 is 0 Å². The molecular weight excluding hydrogens is 324 g/mol. The molecule has 4 rings (SSSR count). The maximum Gasteiger partial charge on any atom is 0.337 e. The number of aromatic nitrogens is 1. The number of para-hydroxylation sites is 1. The Morgan fingerprint density at radius 2 is 1.88 bits per heavy atom. The minimum Gasteiger partial charge on any atom is -0.465 e. The second kappa shape index (κ2) is 6.96. The van der Waals surface area contributed by atoms with Gasteiger partial charge in [0.15, 0.2) is 0 Å². The predicted molar refractivity (Wildman–Crippen MR) is 104 cm³/mol. The van der Waals surface area contributed by atoms with Crippen LogP contribution in [0.1, 0.15) is 27.2 Å². The van der Waals surface area contributed by atoms with Crippen LogP contribution in [0.5, 0.6) is 0 Å². The van der Waals surface area contributed by atoms with E-state index in [9.17, 15) is 4.79 Å².